The number of aryl methyl sites for hydroxylation is 1. The first-order chi connectivity index (χ1) is 7.83. The summed E-state index contributed by atoms with van der Waals surface area (Å²) >= 11 is 6.97. The lowest BCUT2D eigenvalue weighted by molar-refractivity contribution is 0.607. The monoisotopic (exact) mass is 315 g/mol. The second-order valence-corrected chi connectivity index (χ2v) is 7.11. The molecule has 0 saturated carbocycles. The summed E-state index contributed by atoms with van der Waals surface area (Å²) < 4.78 is 1.23. The highest BCUT2D eigenvalue weighted by atomic mass is 79.9. The van der Waals surface area contributed by atoms with Crippen molar-refractivity contribution in [1.82, 2.24) is 10.2 Å². The third kappa shape index (κ3) is 2.01. The number of hydrogen-bond donors (Lipinski definition) is 1. The number of rotatable bonds is 2. The molecule has 0 aliphatic heterocycles. The summed E-state index contributed by atoms with van der Waals surface area (Å²) in [5.74, 6) is 0. The topological polar surface area (TPSA) is 37.8 Å². The summed E-state index contributed by atoms with van der Waals surface area (Å²) in [7, 11) is 0. The molecule has 6 heteroatoms. The van der Waals surface area contributed by atoms with Gasteiger partial charge in [0, 0.05) is 4.88 Å². The molecule has 0 spiro atoms. The van der Waals surface area contributed by atoms with Crippen LogP contribution in [0.4, 0.5) is 5.13 Å². The van der Waals surface area contributed by atoms with Gasteiger partial charge in [-0.1, -0.05) is 11.3 Å². The predicted octanol–water partition coefficient (Wildman–Crippen LogP) is 3.85. The van der Waals surface area contributed by atoms with Gasteiger partial charge in [-0.25, -0.2) is 0 Å². The molecule has 2 aromatic rings. The van der Waals surface area contributed by atoms with Crippen molar-refractivity contribution < 1.29 is 0 Å². The first kappa shape index (κ1) is 10.7. The number of nitrogens with one attached hydrogen (secondary N) is 1. The maximum absolute atomic E-state index is 4.04. The summed E-state index contributed by atoms with van der Waals surface area (Å²) in [6, 6.07) is 2.64. The minimum absolute atomic E-state index is 0.402. The Morgan fingerprint density at radius 1 is 1.50 bits per heavy atom. The minimum Gasteiger partial charge on any atom is -0.353 e. The van der Waals surface area contributed by atoms with Gasteiger partial charge in [-0.15, -0.1) is 21.5 Å². The van der Waals surface area contributed by atoms with Gasteiger partial charge >= 0.3 is 0 Å². The molecule has 0 amide bonds. The fourth-order valence-electron chi connectivity index (χ4n) is 2.06. The SMILES string of the molecule is Brc1cc2c(s1)CCCC2Nc1nncs1. The van der Waals surface area contributed by atoms with Crippen molar-refractivity contribution >= 4 is 43.7 Å². The molecular formula is C10H10BrN3S2. The molecule has 0 fully saturated rings. The first-order valence-corrected chi connectivity index (χ1v) is 7.62. The van der Waals surface area contributed by atoms with Crippen LogP contribution in [-0.2, 0) is 6.42 Å². The molecule has 3 nitrogen and oxygen atoms in total. The molecule has 1 aliphatic rings. The van der Waals surface area contributed by atoms with Crippen LogP contribution in [0.2, 0.25) is 0 Å². The van der Waals surface area contributed by atoms with Crippen LogP contribution in [0.15, 0.2) is 15.4 Å². The van der Waals surface area contributed by atoms with E-state index in [1.54, 1.807) is 16.8 Å². The van der Waals surface area contributed by atoms with Crippen molar-refractivity contribution in [2.24, 2.45) is 0 Å². The molecule has 0 radical (unpaired) electrons. The van der Waals surface area contributed by atoms with E-state index in [-0.39, 0.29) is 0 Å². The van der Waals surface area contributed by atoms with Crippen LogP contribution < -0.4 is 5.32 Å². The van der Waals surface area contributed by atoms with Gasteiger partial charge in [-0.2, -0.15) is 0 Å². The van der Waals surface area contributed by atoms with E-state index in [9.17, 15) is 0 Å². The fourth-order valence-corrected chi connectivity index (χ4v) is 4.37. The van der Waals surface area contributed by atoms with Gasteiger partial charge in [0.05, 0.1) is 9.83 Å². The van der Waals surface area contributed by atoms with Gasteiger partial charge in [0.1, 0.15) is 5.51 Å². The number of anilines is 1. The lowest BCUT2D eigenvalue weighted by atomic mass is 9.94. The van der Waals surface area contributed by atoms with Gasteiger partial charge in [-0.3, -0.25) is 0 Å². The fraction of sp³-hybridized carbons (Fsp3) is 0.400. The Bertz CT molecular complexity index is 480. The zero-order valence-corrected chi connectivity index (χ0v) is 11.7. The standard InChI is InChI=1S/C10H10BrN3S2/c11-9-4-6-7(2-1-3-8(6)16-9)13-10-14-12-5-15-10/h4-5,7H,1-3H2,(H,13,14). The molecule has 2 heterocycles. The Labute approximate surface area is 110 Å². The highest BCUT2D eigenvalue weighted by Crippen LogP contribution is 2.39. The number of hydrogen-bond acceptors (Lipinski definition) is 5. The summed E-state index contributed by atoms with van der Waals surface area (Å²) in [6.45, 7) is 0. The van der Waals surface area contributed by atoms with Crippen LogP contribution in [0, 0.1) is 0 Å². The van der Waals surface area contributed by atoms with Crippen LogP contribution in [0.3, 0.4) is 0 Å². The van der Waals surface area contributed by atoms with Crippen molar-refractivity contribution in [3.05, 3.63) is 25.8 Å². The molecule has 1 atom stereocenters. The van der Waals surface area contributed by atoms with Crippen molar-refractivity contribution in [3.63, 3.8) is 0 Å². The van der Waals surface area contributed by atoms with E-state index in [0.29, 0.717) is 6.04 Å². The van der Waals surface area contributed by atoms with E-state index < -0.39 is 0 Å². The molecular weight excluding hydrogens is 306 g/mol. The average Bonchev–Trinajstić information content (AvgIpc) is 2.86. The Hall–Kier alpha value is -0.460. The van der Waals surface area contributed by atoms with Gasteiger partial charge in [0.15, 0.2) is 0 Å². The van der Waals surface area contributed by atoms with Gasteiger partial charge in [0.25, 0.3) is 0 Å². The second-order valence-electron chi connectivity index (χ2n) is 3.76. The summed E-state index contributed by atoms with van der Waals surface area (Å²) in [5, 5.41) is 12.3. The number of thiophene rings is 1. The largest absolute Gasteiger partial charge is 0.353 e. The Morgan fingerprint density at radius 2 is 2.44 bits per heavy atom. The predicted molar refractivity (Wildman–Crippen MR) is 71.2 cm³/mol. The van der Waals surface area contributed by atoms with Gasteiger partial charge in [0.2, 0.25) is 5.13 Å². The Morgan fingerprint density at radius 3 is 3.25 bits per heavy atom. The molecule has 84 valence electrons. The quantitative estimate of drug-likeness (QED) is 0.914. The second kappa shape index (κ2) is 4.43. The maximum Gasteiger partial charge on any atom is 0.205 e. The van der Waals surface area contributed by atoms with Crippen molar-refractivity contribution in [2.45, 2.75) is 25.3 Å². The lowest BCUT2D eigenvalue weighted by Crippen LogP contribution is -2.15. The molecule has 2 aromatic heterocycles. The minimum atomic E-state index is 0.402. The lowest BCUT2D eigenvalue weighted by Gasteiger charge is -2.22. The highest BCUT2D eigenvalue weighted by molar-refractivity contribution is 9.11. The summed E-state index contributed by atoms with van der Waals surface area (Å²) in [4.78, 5) is 1.50. The van der Waals surface area contributed by atoms with Crippen LogP contribution >= 0.6 is 38.6 Å². The maximum atomic E-state index is 4.04. The smallest absolute Gasteiger partial charge is 0.205 e. The number of aromatic nitrogens is 2. The third-order valence-electron chi connectivity index (χ3n) is 2.74. The molecule has 1 aliphatic carbocycles. The van der Waals surface area contributed by atoms with Crippen LogP contribution in [0.1, 0.15) is 29.3 Å². The zero-order chi connectivity index (χ0) is 11.0. The highest BCUT2D eigenvalue weighted by Gasteiger charge is 2.23. The van der Waals surface area contributed by atoms with Crippen molar-refractivity contribution in [3.8, 4) is 0 Å². The van der Waals surface area contributed by atoms with Crippen molar-refractivity contribution in [2.75, 3.05) is 5.32 Å². The average molecular weight is 316 g/mol. The van der Waals surface area contributed by atoms with Gasteiger partial charge in [-0.05, 0) is 46.8 Å². The molecule has 1 unspecified atom stereocenters. The molecule has 3 rings (SSSR count). The van der Waals surface area contributed by atoms with E-state index in [1.165, 1.54) is 33.5 Å². The van der Waals surface area contributed by atoms with Crippen LogP contribution in [-0.4, -0.2) is 10.2 Å². The summed E-state index contributed by atoms with van der Waals surface area (Å²) in [6.07, 6.45) is 3.63. The first-order valence-electron chi connectivity index (χ1n) is 5.14. The molecule has 0 saturated heterocycles. The Balaban J connectivity index is 1.87. The van der Waals surface area contributed by atoms with E-state index in [2.05, 4.69) is 37.5 Å². The third-order valence-corrected chi connectivity index (χ3v) is 5.08. The van der Waals surface area contributed by atoms with Crippen LogP contribution in [0.25, 0.3) is 0 Å². The van der Waals surface area contributed by atoms with E-state index in [1.807, 2.05) is 11.3 Å². The summed E-state index contributed by atoms with van der Waals surface area (Å²) in [5.41, 5.74) is 3.19. The van der Waals surface area contributed by atoms with Crippen LogP contribution in [0.5, 0.6) is 0 Å². The van der Waals surface area contributed by atoms with E-state index >= 15 is 0 Å². The molecule has 0 bridgehead atoms. The van der Waals surface area contributed by atoms with Crippen molar-refractivity contribution in [1.29, 1.82) is 0 Å². The number of fused-ring (bicyclic) bond motifs is 1. The Kier molecular flexibility index (Phi) is 2.95. The van der Waals surface area contributed by atoms with Gasteiger partial charge < -0.3 is 5.32 Å². The van der Waals surface area contributed by atoms with E-state index in [4.69, 9.17) is 0 Å². The molecule has 16 heavy (non-hydrogen) atoms. The molecule has 0 aromatic carbocycles. The number of nitrogens with zero attached hydrogens (tertiary/aromatic N) is 2. The zero-order valence-electron chi connectivity index (χ0n) is 8.44. The normalized spacial score (nSPS) is 19.4. The molecule has 1 N–H and O–H groups in total. The number of halogens is 1. The van der Waals surface area contributed by atoms with E-state index in [0.717, 1.165) is 5.13 Å².